The van der Waals surface area contributed by atoms with E-state index >= 15 is 0 Å². The van der Waals surface area contributed by atoms with Gasteiger partial charge < -0.3 is 11.1 Å². The van der Waals surface area contributed by atoms with E-state index in [9.17, 15) is 0 Å². The first-order valence-electron chi connectivity index (χ1n) is 6.25. The summed E-state index contributed by atoms with van der Waals surface area (Å²) in [6, 6.07) is 11.1. The molecular weight excluding hydrogens is 196 g/mol. The van der Waals surface area contributed by atoms with Crippen LogP contribution in [0.3, 0.4) is 0 Å². The van der Waals surface area contributed by atoms with Crippen molar-refractivity contribution in [2.75, 3.05) is 5.32 Å². The average molecular weight is 218 g/mol. The van der Waals surface area contributed by atoms with Gasteiger partial charge in [-0.2, -0.15) is 0 Å². The van der Waals surface area contributed by atoms with Gasteiger partial charge in [0.05, 0.1) is 0 Å². The summed E-state index contributed by atoms with van der Waals surface area (Å²) in [5, 5.41) is 3.59. The van der Waals surface area contributed by atoms with Gasteiger partial charge >= 0.3 is 0 Å². The molecule has 4 unspecified atom stereocenters. The van der Waals surface area contributed by atoms with Gasteiger partial charge in [-0.05, 0) is 36.8 Å². The normalized spacial score (nSPS) is 34.7. The van der Waals surface area contributed by atoms with Crippen molar-refractivity contribution in [3.8, 4) is 0 Å². The zero-order chi connectivity index (χ0) is 11.5. The Bertz CT molecular complexity index is 323. The summed E-state index contributed by atoms with van der Waals surface area (Å²) in [7, 11) is 0. The number of nitrogens with one attached hydrogen (secondary N) is 1. The summed E-state index contributed by atoms with van der Waals surface area (Å²) in [4.78, 5) is 0. The fraction of sp³-hybridized carbons (Fsp3) is 0.571. The lowest BCUT2D eigenvalue weighted by Crippen LogP contribution is -2.51. The Hall–Kier alpha value is -1.02. The smallest absolute Gasteiger partial charge is 0.0440 e. The Morgan fingerprint density at radius 2 is 1.69 bits per heavy atom. The van der Waals surface area contributed by atoms with E-state index in [1.165, 1.54) is 18.5 Å². The van der Waals surface area contributed by atoms with Crippen molar-refractivity contribution in [3.63, 3.8) is 0 Å². The molecule has 88 valence electrons. The molecule has 1 aliphatic rings. The van der Waals surface area contributed by atoms with Gasteiger partial charge in [-0.1, -0.05) is 32.0 Å². The maximum atomic E-state index is 6.30. The number of benzene rings is 1. The monoisotopic (exact) mass is 218 g/mol. The van der Waals surface area contributed by atoms with Crippen LogP contribution in [0.5, 0.6) is 0 Å². The first-order valence-corrected chi connectivity index (χ1v) is 6.25. The predicted octanol–water partition coefficient (Wildman–Crippen LogP) is 2.86. The van der Waals surface area contributed by atoms with Gasteiger partial charge in [0.1, 0.15) is 0 Å². The summed E-state index contributed by atoms with van der Waals surface area (Å²) < 4.78 is 0. The van der Waals surface area contributed by atoms with E-state index in [1.54, 1.807) is 0 Å². The van der Waals surface area contributed by atoms with E-state index in [0.717, 1.165) is 0 Å². The number of hydrogen-bond acceptors (Lipinski definition) is 2. The van der Waals surface area contributed by atoms with E-state index in [0.29, 0.717) is 17.9 Å². The molecule has 1 aromatic rings. The molecular formula is C14H22N2. The molecule has 0 aromatic heterocycles. The molecule has 4 atom stereocenters. The molecule has 0 spiro atoms. The number of rotatable bonds is 2. The Kier molecular flexibility index (Phi) is 3.49. The molecule has 0 radical (unpaired) electrons. The standard InChI is InChI=1S/C14H22N2/c1-10-8-9-11(2)14(13(10)15)16-12-6-4-3-5-7-12/h3-7,10-11,13-14,16H,8-9,15H2,1-2H3. The molecule has 2 heteroatoms. The van der Waals surface area contributed by atoms with Gasteiger partial charge in [-0.3, -0.25) is 0 Å². The van der Waals surface area contributed by atoms with Crippen molar-refractivity contribution >= 4 is 5.69 Å². The zero-order valence-corrected chi connectivity index (χ0v) is 10.2. The molecule has 0 bridgehead atoms. The number of anilines is 1. The van der Waals surface area contributed by atoms with Gasteiger partial charge in [0.25, 0.3) is 0 Å². The van der Waals surface area contributed by atoms with Gasteiger partial charge in [-0.25, -0.2) is 0 Å². The van der Waals surface area contributed by atoms with Crippen LogP contribution in [0.2, 0.25) is 0 Å². The van der Waals surface area contributed by atoms with Crippen molar-refractivity contribution in [2.45, 2.75) is 38.8 Å². The summed E-state index contributed by atoms with van der Waals surface area (Å²) in [5.74, 6) is 1.28. The lowest BCUT2D eigenvalue weighted by molar-refractivity contribution is 0.241. The highest BCUT2D eigenvalue weighted by atomic mass is 15.0. The van der Waals surface area contributed by atoms with Crippen LogP contribution < -0.4 is 11.1 Å². The van der Waals surface area contributed by atoms with Crippen molar-refractivity contribution in [2.24, 2.45) is 17.6 Å². The van der Waals surface area contributed by atoms with Crippen LogP contribution in [0.1, 0.15) is 26.7 Å². The largest absolute Gasteiger partial charge is 0.380 e. The van der Waals surface area contributed by atoms with Crippen LogP contribution in [-0.4, -0.2) is 12.1 Å². The second-order valence-corrected chi connectivity index (χ2v) is 5.15. The van der Waals surface area contributed by atoms with Crippen molar-refractivity contribution < 1.29 is 0 Å². The first-order chi connectivity index (χ1) is 7.68. The Morgan fingerprint density at radius 1 is 1.06 bits per heavy atom. The Labute approximate surface area is 98.2 Å². The van der Waals surface area contributed by atoms with Crippen LogP contribution in [0.25, 0.3) is 0 Å². The second-order valence-electron chi connectivity index (χ2n) is 5.15. The minimum Gasteiger partial charge on any atom is -0.380 e. The lowest BCUT2D eigenvalue weighted by Gasteiger charge is -2.39. The molecule has 1 saturated carbocycles. The molecule has 0 aliphatic heterocycles. The molecule has 2 rings (SSSR count). The number of hydrogen-bond donors (Lipinski definition) is 2. The highest BCUT2D eigenvalue weighted by molar-refractivity contribution is 5.44. The first kappa shape index (κ1) is 11.5. The maximum Gasteiger partial charge on any atom is 0.0440 e. The highest BCUT2D eigenvalue weighted by Gasteiger charge is 2.32. The number of para-hydroxylation sites is 1. The van der Waals surface area contributed by atoms with Crippen molar-refractivity contribution in [1.29, 1.82) is 0 Å². The highest BCUT2D eigenvalue weighted by Crippen LogP contribution is 2.29. The van der Waals surface area contributed by atoms with E-state index in [-0.39, 0.29) is 6.04 Å². The summed E-state index contributed by atoms with van der Waals surface area (Å²) in [6.07, 6.45) is 2.54. The van der Waals surface area contributed by atoms with Crippen molar-refractivity contribution in [1.82, 2.24) is 0 Å². The van der Waals surface area contributed by atoms with E-state index in [2.05, 4.69) is 43.4 Å². The molecule has 1 fully saturated rings. The predicted molar refractivity (Wildman–Crippen MR) is 69.4 cm³/mol. The van der Waals surface area contributed by atoms with E-state index < -0.39 is 0 Å². The van der Waals surface area contributed by atoms with Gasteiger partial charge in [-0.15, -0.1) is 0 Å². The summed E-state index contributed by atoms with van der Waals surface area (Å²) >= 11 is 0. The molecule has 1 aliphatic carbocycles. The SMILES string of the molecule is CC1CCC(C)C(Nc2ccccc2)C1N. The third kappa shape index (κ3) is 2.38. The van der Waals surface area contributed by atoms with Crippen molar-refractivity contribution in [3.05, 3.63) is 30.3 Å². The number of nitrogens with two attached hydrogens (primary N) is 1. The van der Waals surface area contributed by atoms with E-state index in [1.807, 2.05) is 6.07 Å². The Morgan fingerprint density at radius 3 is 2.38 bits per heavy atom. The molecule has 0 saturated heterocycles. The second kappa shape index (κ2) is 4.88. The molecule has 2 nitrogen and oxygen atoms in total. The third-order valence-electron chi connectivity index (χ3n) is 3.87. The molecule has 0 amide bonds. The van der Waals surface area contributed by atoms with E-state index in [4.69, 9.17) is 5.73 Å². The summed E-state index contributed by atoms with van der Waals surface area (Å²) in [5.41, 5.74) is 7.48. The van der Waals surface area contributed by atoms with Gasteiger partial charge in [0.15, 0.2) is 0 Å². The third-order valence-corrected chi connectivity index (χ3v) is 3.87. The molecule has 16 heavy (non-hydrogen) atoms. The molecule has 3 N–H and O–H groups in total. The van der Waals surface area contributed by atoms with Crippen LogP contribution in [0.15, 0.2) is 30.3 Å². The topological polar surface area (TPSA) is 38.0 Å². The summed E-state index contributed by atoms with van der Waals surface area (Å²) in [6.45, 7) is 4.56. The average Bonchev–Trinajstić information content (AvgIpc) is 2.31. The minimum absolute atomic E-state index is 0.268. The molecule has 0 heterocycles. The zero-order valence-electron chi connectivity index (χ0n) is 10.2. The van der Waals surface area contributed by atoms with Crippen LogP contribution in [-0.2, 0) is 0 Å². The minimum atomic E-state index is 0.268. The fourth-order valence-electron chi connectivity index (χ4n) is 2.60. The lowest BCUT2D eigenvalue weighted by atomic mass is 9.76. The van der Waals surface area contributed by atoms with Crippen LogP contribution >= 0.6 is 0 Å². The quantitative estimate of drug-likeness (QED) is 0.801. The van der Waals surface area contributed by atoms with Gasteiger partial charge in [0, 0.05) is 17.8 Å². The molecule has 1 aromatic carbocycles. The van der Waals surface area contributed by atoms with Crippen LogP contribution in [0.4, 0.5) is 5.69 Å². The maximum absolute atomic E-state index is 6.30. The fourth-order valence-corrected chi connectivity index (χ4v) is 2.60. The van der Waals surface area contributed by atoms with Gasteiger partial charge in [0.2, 0.25) is 0 Å². The van der Waals surface area contributed by atoms with Crippen LogP contribution in [0, 0.1) is 11.8 Å². The Balaban J connectivity index is 2.07.